The normalized spacial score (nSPS) is 12.5. The minimum absolute atomic E-state index is 0.0292. The fraction of sp³-hybridized carbons (Fsp3) is 0.481. The largest absolute Gasteiger partial charge is 0.494 e. The molecule has 1 N–H and O–H groups in total. The molecule has 1 atom stereocenters. The van der Waals surface area contributed by atoms with Crippen LogP contribution < -0.4 is 14.4 Å². The van der Waals surface area contributed by atoms with Crippen LogP contribution in [-0.2, 0) is 26.2 Å². The fourth-order valence-corrected chi connectivity index (χ4v) is 5.20. The van der Waals surface area contributed by atoms with E-state index < -0.39 is 21.6 Å². The Labute approximate surface area is 236 Å². The number of hydrogen-bond donors (Lipinski definition) is 1. The maximum Gasteiger partial charge on any atom is 0.242 e. The molecule has 0 aliphatic heterocycles. The predicted molar refractivity (Wildman–Crippen MR) is 153 cm³/mol. The van der Waals surface area contributed by atoms with Crippen LogP contribution in [0.25, 0.3) is 0 Å². The molecule has 2 aromatic carbocycles. The molecule has 0 saturated heterocycles. The summed E-state index contributed by atoms with van der Waals surface area (Å²) in [5, 5.41) is 3.76. The van der Waals surface area contributed by atoms with Crippen molar-refractivity contribution in [3.05, 3.63) is 58.1 Å². The van der Waals surface area contributed by atoms with Gasteiger partial charge in [0.2, 0.25) is 21.8 Å². The molecule has 0 spiro atoms. The molecular formula is C27H37Cl2N3O5S. The number of rotatable bonds is 12. The lowest BCUT2D eigenvalue weighted by Gasteiger charge is -2.32. The molecule has 8 nitrogen and oxygen atoms in total. The van der Waals surface area contributed by atoms with Gasteiger partial charge in [-0.1, -0.05) is 29.3 Å². The van der Waals surface area contributed by atoms with Crippen molar-refractivity contribution < 1.29 is 22.7 Å². The van der Waals surface area contributed by atoms with Crippen LogP contribution in [0.2, 0.25) is 10.0 Å². The first kappa shape index (κ1) is 31.7. The summed E-state index contributed by atoms with van der Waals surface area (Å²) in [5.41, 5.74) is 0.643. The van der Waals surface area contributed by atoms with E-state index in [0.29, 0.717) is 33.7 Å². The molecule has 0 saturated carbocycles. The van der Waals surface area contributed by atoms with Crippen LogP contribution in [0, 0.1) is 0 Å². The second-order valence-corrected chi connectivity index (χ2v) is 12.8. The number of hydrogen-bond acceptors (Lipinski definition) is 5. The summed E-state index contributed by atoms with van der Waals surface area (Å²) in [6.07, 6.45) is 1.40. The van der Waals surface area contributed by atoms with E-state index in [9.17, 15) is 18.0 Å². The zero-order valence-corrected chi connectivity index (χ0v) is 25.1. The van der Waals surface area contributed by atoms with Gasteiger partial charge in [0.25, 0.3) is 0 Å². The summed E-state index contributed by atoms with van der Waals surface area (Å²) in [7, 11) is -3.60. The molecule has 1 unspecified atom stereocenters. The van der Waals surface area contributed by atoms with Crippen LogP contribution >= 0.6 is 23.2 Å². The Balaban J connectivity index is 2.21. The molecule has 2 rings (SSSR count). The summed E-state index contributed by atoms with van der Waals surface area (Å²) in [6.45, 7) is 9.80. The van der Waals surface area contributed by atoms with Gasteiger partial charge in [-0.15, -0.1) is 0 Å². The number of halogens is 2. The van der Waals surface area contributed by atoms with Crippen molar-refractivity contribution in [3.8, 4) is 5.75 Å². The van der Waals surface area contributed by atoms with Crippen molar-refractivity contribution >= 4 is 50.7 Å². The predicted octanol–water partition coefficient (Wildman–Crippen LogP) is 5.27. The lowest BCUT2D eigenvalue weighted by atomic mass is 10.1. The second kappa shape index (κ2) is 13.5. The van der Waals surface area contributed by atoms with Crippen LogP contribution in [0.15, 0.2) is 42.5 Å². The molecule has 0 aromatic heterocycles. The van der Waals surface area contributed by atoms with E-state index in [1.807, 2.05) is 27.7 Å². The number of carbonyl (C=O) groups excluding carboxylic acids is 2. The van der Waals surface area contributed by atoms with Gasteiger partial charge in [0, 0.05) is 35.1 Å². The van der Waals surface area contributed by atoms with E-state index in [-0.39, 0.29) is 37.7 Å². The molecular weight excluding hydrogens is 549 g/mol. The van der Waals surface area contributed by atoms with Gasteiger partial charge < -0.3 is 15.0 Å². The Bertz CT molecular complexity index is 1210. The highest BCUT2D eigenvalue weighted by Gasteiger charge is 2.29. The molecule has 2 amide bonds. The van der Waals surface area contributed by atoms with Crippen LogP contribution in [0.1, 0.15) is 53.0 Å². The number of sulfonamides is 1. The van der Waals surface area contributed by atoms with Crippen molar-refractivity contribution in [1.29, 1.82) is 0 Å². The minimum Gasteiger partial charge on any atom is -0.494 e. The van der Waals surface area contributed by atoms with Crippen molar-refractivity contribution in [1.82, 2.24) is 10.2 Å². The van der Waals surface area contributed by atoms with Crippen molar-refractivity contribution in [2.45, 2.75) is 65.6 Å². The van der Waals surface area contributed by atoms with Crippen LogP contribution in [0.4, 0.5) is 5.69 Å². The first-order valence-electron chi connectivity index (χ1n) is 12.4. The standard InChI is InChI=1S/C27H37Cl2N3O5S/c1-7-37-23-14-12-22(13-15-23)32(38(6,35)36)16-8-9-25(33)31(19(2)26(34)30-27(3,4)5)18-20-10-11-21(28)17-24(20)29/h10-15,17,19H,7-9,16,18H2,1-6H3,(H,30,34). The van der Waals surface area contributed by atoms with Gasteiger partial charge in [-0.2, -0.15) is 0 Å². The lowest BCUT2D eigenvalue weighted by Crippen LogP contribution is -2.52. The Morgan fingerprint density at radius 1 is 1.08 bits per heavy atom. The van der Waals surface area contributed by atoms with Gasteiger partial charge in [-0.3, -0.25) is 13.9 Å². The summed E-state index contributed by atoms with van der Waals surface area (Å²) in [4.78, 5) is 27.8. The summed E-state index contributed by atoms with van der Waals surface area (Å²) >= 11 is 12.4. The molecule has 38 heavy (non-hydrogen) atoms. The Morgan fingerprint density at radius 3 is 2.24 bits per heavy atom. The van der Waals surface area contributed by atoms with Gasteiger partial charge in [-0.25, -0.2) is 8.42 Å². The van der Waals surface area contributed by atoms with Gasteiger partial charge >= 0.3 is 0 Å². The zero-order valence-electron chi connectivity index (χ0n) is 22.8. The number of nitrogens with one attached hydrogen (secondary N) is 1. The molecule has 11 heteroatoms. The third-order valence-corrected chi connectivity index (χ3v) is 7.39. The maximum atomic E-state index is 13.4. The number of anilines is 1. The van der Waals surface area contributed by atoms with Gasteiger partial charge in [0.1, 0.15) is 11.8 Å². The number of ether oxygens (including phenoxy) is 1. The summed E-state index contributed by atoms with van der Waals surface area (Å²) in [6, 6.07) is 10.9. The smallest absolute Gasteiger partial charge is 0.242 e. The monoisotopic (exact) mass is 585 g/mol. The van der Waals surface area contributed by atoms with E-state index in [1.165, 1.54) is 9.21 Å². The zero-order chi connectivity index (χ0) is 28.7. The third kappa shape index (κ3) is 9.67. The van der Waals surface area contributed by atoms with E-state index >= 15 is 0 Å². The molecule has 2 aromatic rings. The highest BCUT2D eigenvalue weighted by Crippen LogP contribution is 2.25. The van der Waals surface area contributed by atoms with Crippen molar-refractivity contribution in [2.75, 3.05) is 23.7 Å². The van der Waals surface area contributed by atoms with E-state index in [4.69, 9.17) is 27.9 Å². The van der Waals surface area contributed by atoms with E-state index in [0.717, 1.165) is 6.26 Å². The SMILES string of the molecule is CCOc1ccc(N(CCCC(=O)N(Cc2ccc(Cl)cc2Cl)C(C)C(=O)NC(C)(C)C)S(C)(=O)=O)cc1. The second-order valence-electron chi connectivity index (χ2n) is 10.0. The molecule has 0 fully saturated rings. The molecule has 210 valence electrons. The Kier molecular flexibility index (Phi) is 11.3. The summed E-state index contributed by atoms with van der Waals surface area (Å²) in [5.74, 6) is 0.0368. The highest BCUT2D eigenvalue weighted by atomic mass is 35.5. The number of benzene rings is 2. The van der Waals surface area contributed by atoms with Crippen molar-refractivity contribution in [2.24, 2.45) is 0 Å². The quantitative estimate of drug-likeness (QED) is 0.366. The average Bonchev–Trinajstić information content (AvgIpc) is 2.80. The first-order chi connectivity index (χ1) is 17.6. The van der Waals surface area contributed by atoms with Crippen LogP contribution in [0.3, 0.4) is 0 Å². The lowest BCUT2D eigenvalue weighted by molar-refractivity contribution is -0.141. The molecule has 0 bridgehead atoms. The molecule has 0 heterocycles. The Hall–Kier alpha value is -2.49. The van der Waals surface area contributed by atoms with Crippen molar-refractivity contribution in [3.63, 3.8) is 0 Å². The highest BCUT2D eigenvalue weighted by molar-refractivity contribution is 7.92. The van der Waals surface area contributed by atoms with E-state index in [1.54, 1.807) is 49.4 Å². The molecule has 0 aliphatic rings. The molecule has 0 radical (unpaired) electrons. The number of carbonyl (C=O) groups is 2. The average molecular weight is 587 g/mol. The third-order valence-electron chi connectivity index (χ3n) is 5.61. The van der Waals surface area contributed by atoms with Crippen LogP contribution in [-0.4, -0.2) is 56.1 Å². The van der Waals surface area contributed by atoms with E-state index in [2.05, 4.69) is 5.32 Å². The van der Waals surface area contributed by atoms with Crippen LogP contribution in [0.5, 0.6) is 5.75 Å². The minimum atomic E-state index is -3.60. The summed E-state index contributed by atoms with van der Waals surface area (Å²) < 4.78 is 31.7. The van der Waals surface area contributed by atoms with Gasteiger partial charge in [0.15, 0.2) is 0 Å². The molecule has 0 aliphatic carbocycles. The first-order valence-corrected chi connectivity index (χ1v) is 15.0. The number of nitrogens with zero attached hydrogens (tertiary/aromatic N) is 2. The maximum absolute atomic E-state index is 13.4. The number of amides is 2. The Morgan fingerprint density at radius 2 is 1.71 bits per heavy atom. The van der Waals surface area contributed by atoms with Gasteiger partial charge in [-0.05, 0) is 83.0 Å². The fourth-order valence-electron chi connectivity index (χ4n) is 3.77. The van der Waals surface area contributed by atoms with Gasteiger partial charge in [0.05, 0.1) is 18.6 Å². The topological polar surface area (TPSA) is 96.0 Å².